The molecule has 130 valence electrons. The van der Waals surface area contributed by atoms with E-state index in [1.54, 1.807) is 6.07 Å². The molecular weight excluding hydrogens is 306 g/mol. The molecule has 0 bridgehead atoms. The summed E-state index contributed by atoms with van der Waals surface area (Å²) in [6, 6.07) is 3.80. The van der Waals surface area contributed by atoms with Crippen LogP contribution in [0.4, 0.5) is 4.79 Å². The van der Waals surface area contributed by atoms with Crippen LogP contribution in [0.5, 0.6) is 0 Å². The maximum absolute atomic E-state index is 12.4. The molecule has 1 aromatic heterocycles. The first-order chi connectivity index (χ1) is 11.7. The van der Waals surface area contributed by atoms with Crippen molar-refractivity contribution in [2.45, 2.75) is 44.7 Å². The van der Waals surface area contributed by atoms with E-state index in [0.717, 1.165) is 25.8 Å². The van der Waals surface area contributed by atoms with Crippen molar-refractivity contribution in [3.63, 3.8) is 0 Å². The summed E-state index contributed by atoms with van der Waals surface area (Å²) in [6.07, 6.45) is 5.07. The molecule has 24 heavy (non-hydrogen) atoms. The van der Waals surface area contributed by atoms with Crippen molar-refractivity contribution in [1.82, 2.24) is 14.8 Å². The van der Waals surface area contributed by atoms with Crippen LogP contribution in [0, 0.1) is 5.92 Å². The fourth-order valence-corrected chi connectivity index (χ4v) is 3.74. The highest BCUT2D eigenvalue weighted by Crippen LogP contribution is 2.31. The number of ether oxygens (including phenoxy) is 1. The van der Waals surface area contributed by atoms with Crippen LogP contribution >= 0.6 is 0 Å². The van der Waals surface area contributed by atoms with Gasteiger partial charge in [-0.05, 0) is 43.6 Å². The number of pyridine rings is 1. The maximum Gasteiger partial charge on any atom is 0.317 e. The van der Waals surface area contributed by atoms with E-state index >= 15 is 0 Å². The largest absolute Gasteiger partial charge is 0.378 e. The van der Waals surface area contributed by atoms with Gasteiger partial charge in [0.15, 0.2) is 0 Å². The fraction of sp³-hybridized carbons (Fsp3) is 0.667. The van der Waals surface area contributed by atoms with Crippen LogP contribution in [0.25, 0.3) is 0 Å². The monoisotopic (exact) mass is 331 g/mol. The van der Waals surface area contributed by atoms with E-state index in [4.69, 9.17) is 4.74 Å². The molecule has 0 spiro atoms. The predicted octanol–water partition coefficient (Wildman–Crippen LogP) is 1.16. The summed E-state index contributed by atoms with van der Waals surface area (Å²) < 4.78 is 7.27. The second kappa shape index (κ2) is 6.59. The van der Waals surface area contributed by atoms with Gasteiger partial charge < -0.3 is 19.5 Å². The third-order valence-electron chi connectivity index (χ3n) is 5.35. The lowest BCUT2D eigenvalue weighted by molar-refractivity contribution is 0.0523. The maximum atomic E-state index is 12.4. The summed E-state index contributed by atoms with van der Waals surface area (Å²) in [4.78, 5) is 26.4. The molecule has 2 fully saturated rings. The Morgan fingerprint density at radius 1 is 1.21 bits per heavy atom. The van der Waals surface area contributed by atoms with E-state index in [1.807, 2.05) is 15.5 Å². The van der Waals surface area contributed by atoms with Gasteiger partial charge in [0.2, 0.25) is 0 Å². The van der Waals surface area contributed by atoms with Crippen LogP contribution in [0.3, 0.4) is 0 Å². The molecule has 1 atom stereocenters. The molecule has 1 aromatic rings. The molecule has 4 rings (SSSR count). The summed E-state index contributed by atoms with van der Waals surface area (Å²) in [6.45, 7) is 3.43. The Morgan fingerprint density at radius 2 is 2.00 bits per heavy atom. The van der Waals surface area contributed by atoms with Crippen LogP contribution in [-0.4, -0.2) is 47.8 Å². The second-order valence-electron chi connectivity index (χ2n) is 7.19. The van der Waals surface area contributed by atoms with E-state index in [9.17, 15) is 9.59 Å². The molecule has 1 saturated carbocycles. The predicted molar refractivity (Wildman–Crippen MR) is 90.2 cm³/mol. The first kappa shape index (κ1) is 15.7. The molecule has 1 aliphatic heterocycles. The minimum absolute atomic E-state index is 0.0121. The van der Waals surface area contributed by atoms with Gasteiger partial charge in [0.25, 0.3) is 5.56 Å². The van der Waals surface area contributed by atoms with Crippen LogP contribution in [-0.2, 0) is 24.1 Å². The number of hydrogen-bond donors (Lipinski definition) is 1. The lowest BCUT2D eigenvalue weighted by atomic mass is 9.91. The summed E-state index contributed by atoms with van der Waals surface area (Å²) in [7, 11) is 0. The number of hydrogen-bond acceptors (Lipinski definition) is 3. The standard InChI is InChI=1S/C18H25N3O3/c22-17-6-3-14-11-15(19-18(23)20-7-9-24-10-8-20)4-5-16(14)21(17)12-13-1-2-13/h3,6,13,15H,1-2,4-5,7-12H2,(H,19,23)/t15-/m1/s1. The smallest absolute Gasteiger partial charge is 0.317 e. The topological polar surface area (TPSA) is 63.6 Å². The quantitative estimate of drug-likeness (QED) is 0.904. The van der Waals surface area contributed by atoms with Crippen LogP contribution < -0.4 is 10.9 Å². The number of nitrogens with zero attached hydrogens (tertiary/aromatic N) is 2. The van der Waals surface area contributed by atoms with Gasteiger partial charge in [-0.15, -0.1) is 0 Å². The van der Waals surface area contributed by atoms with Crippen molar-refractivity contribution in [3.05, 3.63) is 33.7 Å². The summed E-state index contributed by atoms with van der Waals surface area (Å²) in [5.74, 6) is 0.688. The number of fused-ring (bicyclic) bond motifs is 1. The molecule has 1 saturated heterocycles. The first-order valence-corrected chi connectivity index (χ1v) is 9.05. The van der Waals surface area contributed by atoms with Gasteiger partial charge in [-0.25, -0.2) is 4.79 Å². The number of carbonyl (C=O) groups excluding carboxylic acids is 1. The number of aromatic nitrogens is 1. The van der Waals surface area contributed by atoms with Gasteiger partial charge in [0.1, 0.15) is 0 Å². The minimum Gasteiger partial charge on any atom is -0.378 e. The molecule has 2 amide bonds. The van der Waals surface area contributed by atoms with E-state index in [2.05, 4.69) is 5.32 Å². The summed E-state index contributed by atoms with van der Waals surface area (Å²) in [5, 5.41) is 3.16. The highest BCUT2D eigenvalue weighted by molar-refractivity contribution is 5.74. The lowest BCUT2D eigenvalue weighted by Crippen LogP contribution is -2.50. The molecule has 3 aliphatic rings. The zero-order chi connectivity index (χ0) is 16.5. The van der Waals surface area contributed by atoms with Crippen LogP contribution in [0.2, 0.25) is 0 Å². The van der Waals surface area contributed by atoms with Gasteiger partial charge >= 0.3 is 6.03 Å². The normalized spacial score (nSPS) is 23.7. The Kier molecular flexibility index (Phi) is 4.31. The average molecular weight is 331 g/mol. The number of carbonyl (C=O) groups is 1. The van der Waals surface area contributed by atoms with Gasteiger partial charge in [-0.2, -0.15) is 0 Å². The molecule has 6 nitrogen and oxygen atoms in total. The van der Waals surface area contributed by atoms with E-state index < -0.39 is 0 Å². The van der Waals surface area contributed by atoms with E-state index in [1.165, 1.54) is 24.1 Å². The number of morpholine rings is 1. The van der Waals surface area contributed by atoms with Crippen molar-refractivity contribution in [2.24, 2.45) is 5.92 Å². The van der Waals surface area contributed by atoms with Gasteiger partial charge in [0.05, 0.1) is 13.2 Å². The SMILES string of the molecule is O=C(N[C@@H]1CCc2c(ccc(=O)n2CC2CC2)C1)N1CCOCC1. The zero-order valence-corrected chi connectivity index (χ0v) is 14.0. The Labute approximate surface area is 141 Å². The Bertz CT molecular complexity index is 675. The first-order valence-electron chi connectivity index (χ1n) is 9.05. The molecule has 0 aromatic carbocycles. The van der Waals surface area contributed by atoms with Crippen LogP contribution in [0.15, 0.2) is 16.9 Å². The van der Waals surface area contributed by atoms with Crippen molar-refractivity contribution >= 4 is 6.03 Å². The average Bonchev–Trinajstić information content (AvgIpc) is 3.42. The Hall–Kier alpha value is -1.82. The Balaban J connectivity index is 1.43. The highest BCUT2D eigenvalue weighted by Gasteiger charge is 2.28. The zero-order valence-electron chi connectivity index (χ0n) is 14.0. The minimum atomic E-state index is 0.0121. The Morgan fingerprint density at radius 3 is 2.75 bits per heavy atom. The molecule has 0 radical (unpaired) electrons. The molecule has 2 heterocycles. The number of amides is 2. The third-order valence-corrected chi connectivity index (χ3v) is 5.35. The number of urea groups is 1. The number of nitrogens with one attached hydrogen (secondary N) is 1. The van der Waals surface area contributed by atoms with Crippen molar-refractivity contribution in [2.75, 3.05) is 26.3 Å². The molecule has 6 heteroatoms. The number of rotatable bonds is 3. The highest BCUT2D eigenvalue weighted by atomic mass is 16.5. The summed E-state index contributed by atoms with van der Waals surface area (Å²) in [5.41, 5.74) is 2.52. The molecular formula is C18H25N3O3. The van der Waals surface area contributed by atoms with Gasteiger partial charge in [-0.3, -0.25) is 4.79 Å². The van der Waals surface area contributed by atoms with Crippen molar-refractivity contribution in [1.29, 1.82) is 0 Å². The molecule has 0 unspecified atom stereocenters. The van der Waals surface area contributed by atoms with Crippen LogP contribution in [0.1, 0.15) is 30.5 Å². The summed E-state index contributed by atoms with van der Waals surface area (Å²) >= 11 is 0. The molecule has 1 N–H and O–H groups in total. The van der Waals surface area contributed by atoms with Gasteiger partial charge in [-0.1, -0.05) is 6.07 Å². The second-order valence-corrected chi connectivity index (χ2v) is 7.19. The van der Waals surface area contributed by atoms with Crippen molar-refractivity contribution in [3.8, 4) is 0 Å². The third kappa shape index (κ3) is 3.34. The van der Waals surface area contributed by atoms with E-state index in [-0.39, 0.29) is 17.6 Å². The lowest BCUT2D eigenvalue weighted by Gasteiger charge is -2.32. The van der Waals surface area contributed by atoms with Crippen molar-refractivity contribution < 1.29 is 9.53 Å². The molecule has 2 aliphatic carbocycles. The van der Waals surface area contributed by atoms with Gasteiger partial charge in [0, 0.05) is 37.4 Å². The van der Waals surface area contributed by atoms with E-state index in [0.29, 0.717) is 32.2 Å². The fourth-order valence-electron chi connectivity index (χ4n) is 3.74.